The Morgan fingerprint density at radius 1 is 1.18 bits per heavy atom. The molecule has 14 heteroatoms. The third-order valence-electron chi connectivity index (χ3n) is 7.79. The molecule has 1 amide bonds. The van der Waals surface area contributed by atoms with Crippen molar-refractivity contribution in [1.82, 2.24) is 19.8 Å². The molecule has 0 fully saturated rings. The van der Waals surface area contributed by atoms with E-state index in [-0.39, 0.29) is 67.9 Å². The lowest BCUT2D eigenvalue weighted by molar-refractivity contribution is -0.172. The van der Waals surface area contributed by atoms with Crippen molar-refractivity contribution in [2.45, 2.75) is 52.5 Å². The van der Waals surface area contributed by atoms with Crippen LogP contribution in [0.25, 0.3) is 22.3 Å². The number of cyclic esters (lactones) is 1. The van der Waals surface area contributed by atoms with Gasteiger partial charge in [-0.05, 0) is 58.6 Å². The van der Waals surface area contributed by atoms with Gasteiger partial charge < -0.3 is 38.4 Å². The topological polar surface area (TPSA) is 159 Å². The molecule has 3 aromatic rings. The fraction of sp³-hybridized carbons (Fsp3) is 0.467. The van der Waals surface area contributed by atoms with E-state index in [0.717, 1.165) is 16.5 Å². The number of nitrogens with one attached hydrogen (secondary N) is 1. The van der Waals surface area contributed by atoms with E-state index in [9.17, 15) is 24.1 Å². The number of aromatic hydroxyl groups is 1. The first-order chi connectivity index (χ1) is 21.0. The van der Waals surface area contributed by atoms with Crippen LogP contribution in [0.15, 0.2) is 29.1 Å². The van der Waals surface area contributed by atoms with Crippen molar-refractivity contribution in [3.8, 4) is 17.1 Å². The van der Waals surface area contributed by atoms with Gasteiger partial charge in [0.25, 0.3) is 5.56 Å². The zero-order valence-electron chi connectivity index (χ0n) is 25.5. The zero-order chi connectivity index (χ0) is 31.8. The fourth-order valence-electron chi connectivity index (χ4n) is 5.79. The Morgan fingerprint density at radius 3 is 2.57 bits per heavy atom. The minimum Gasteiger partial charge on any atom is -0.508 e. The Bertz CT molecular complexity index is 1730. The Balaban J connectivity index is 1.51. The number of esters is 1. The number of nitrogens with zero attached hydrogens (tertiary/aromatic N) is 3. The van der Waals surface area contributed by atoms with Crippen LogP contribution >= 0.6 is 7.60 Å². The molecule has 0 unspecified atom stereocenters. The molecule has 4 heterocycles. The van der Waals surface area contributed by atoms with Gasteiger partial charge in [0, 0.05) is 35.2 Å². The van der Waals surface area contributed by atoms with Crippen LogP contribution in [0.3, 0.4) is 0 Å². The van der Waals surface area contributed by atoms with E-state index in [2.05, 4.69) is 5.32 Å². The molecular weight excluding hydrogens is 591 g/mol. The van der Waals surface area contributed by atoms with Crippen LogP contribution in [0.1, 0.15) is 49.4 Å². The minimum absolute atomic E-state index is 0.00326. The highest BCUT2D eigenvalue weighted by atomic mass is 31.2. The number of carbonyl (C=O) groups excluding carboxylic acids is 2. The maximum atomic E-state index is 13.8. The lowest BCUT2D eigenvalue weighted by atomic mass is 9.85. The first-order valence-electron chi connectivity index (χ1n) is 14.6. The summed E-state index contributed by atoms with van der Waals surface area (Å²) >= 11 is 0. The number of rotatable bonds is 11. The molecule has 0 saturated carbocycles. The molecule has 2 aromatic heterocycles. The van der Waals surface area contributed by atoms with Gasteiger partial charge in [0.05, 0.1) is 48.4 Å². The van der Waals surface area contributed by atoms with Gasteiger partial charge in [0.1, 0.15) is 12.4 Å². The number of amides is 1. The average Bonchev–Trinajstić information content (AvgIpc) is 3.33. The molecular formula is C30H37N4O9P. The fourth-order valence-corrected chi connectivity index (χ4v) is 7.29. The second-order valence-electron chi connectivity index (χ2n) is 10.9. The molecule has 5 rings (SSSR count). The van der Waals surface area contributed by atoms with Crippen LogP contribution in [0.4, 0.5) is 4.79 Å². The van der Waals surface area contributed by atoms with Gasteiger partial charge in [0.15, 0.2) is 0 Å². The summed E-state index contributed by atoms with van der Waals surface area (Å²) in [4.78, 5) is 46.9. The van der Waals surface area contributed by atoms with Gasteiger partial charge in [0.2, 0.25) is 5.60 Å². The van der Waals surface area contributed by atoms with Crippen molar-refractivity contribution in [2.75, 3.05) is 40.0 Å². The monoisotopic (exact) mass is 628 g/mol. The van der Waals surface area contributed by atoms with E-state index >= 15 is 0 Å². The highest BCUT2D eigenvalue weighted by molar-refractivity contribution is 7.53. The average molecular weight is 629 g/mol. The van der Waals surface area contributed by atoms with Gasteiger partial charge in [-0.3, -0.25) is 9.36 Å². The number of carbonyl (C=O) groups is 2. The summed E-state index contributed by atoms with van der Waals surface area (Å²) in [6.45, 7) is 5.76. The summed E-state index contributed by atoms with van der Waals surface area (Å²) in [6, 6.07) is 6.93. The Morgan fingerprint density at radius 2 is 1.91 bits per heavy atom. The minimum atomic E-state index is -3.41. The van der Waals surface area contributed by atoms with Crippen molar-refractivity contribution in [2.24, 2.45) is 0 Å². The molecule has 0 aliphatic carbocycles. The molecule has 2 N–H and O–H groups in total. The number of hydrogen-bond acceptors (Lipinski definition) is 11. The van der Waals surface area contributed by atoms with Gasteiger partial charge in [-0.25, -0.2) is 14.6 Å². The second kappa shape index (κ2) is 12.3. The lowest BCUT2D eigenvalue weighted by Gasteiger charge is -2.35. The van der Waals surface area contributed by atoms with Crippen LogP contribution in [0, 0.1) is 0 Å². The number of hydrogen-bond donors (Lipinski definition) is 2. The van der Waals surface area contributed by atoms with E-state index in [1.54, 1.807) is 43.5 Å². The summed E-state index contributed by atoms with van der Waals surface area (Å²) in [6.07, 6.45) is -1.05. The number of fused-ring (bicyclic) bond motifs is 5. The van der Waals surface area contributed by atoms with Crippen molar-refractivity contribution in [1.29, 1.82) is 0 Å². The van der Waals surface area contributed by atoms with Gasteiger partial charge >= 0.3 is 19.7 Å². The molecule has 0 spiro atoms. The quantitative estimate of drug-likeness (QED) is 0.184. The summed E-state index contributed by atoms with van der Waals surface area (Å²) < 4.78 is 36.0. The Hall–Kier alpha value is -3.77. The normalized spacial score (nSPS) is 17.3. The molecule has 1 aromatic carbocycles. The van der Waals surface area contributed by atoms with Crippen molar-refractivity contribution in [3.63, 3.8) is 0 Å². The van der Waals surface area contributed by atoms with Gasteiger partial charge in [-0.2, -0.15) is 0 Å². The molecule has 2 aliphatic rings. The highest BCUT2D eigenvalue weighted by Crippen LogP contribution is 2.47. The zero-order valence-corrected chi connectivity index (χ0v) is 26.4. The predicted octanol–water partition coefficient (Wildman–Crippen LogP) is 3.85. The molecule has 0 radical (unpaired) electrons. The van der Waals surface area contributed by atoms with Crippen molar-refractivity contribution < 1.29 is 37.8 Å². The van der Waals surface area contributed by atoms with Gasteiger partial charge in [-0.15, -0.1) is 0 Å². The molecule has 0 bridgehead atoms. The molecule has 2 aliphatic heterocycles. The summed E-state index contributed by atoms with van der Waals surface area (Å²) in [5.41, 5.74) is 1.39. The number of phenols is 1. The van der Waals surface area contributed by atoms with E-state index in [0.29, 0.717) is 23.4 Å². The number of benzene rings is 1. The SMILES string of the molecule is CCOP(=O)(CCNC(=O)O[C@]1(CC)C(=O)OCc2c1cc1n(c2=O)Cc2cc3c(CN(C)C)c(O)ccc3nc2-1)OCC. The standard InChI is InChI=1S/C30H37N4O9P/c1-6-30(43-29(38)31-11-12-44(39,41-7-2)42-8-3)22-14-24-26-18(15-34(24)27(36)21(22)17-40-28(30)37)13-19-20(16-33(4)5)25(35)10-9-23(19)32-26/h9-10,13-14,35H,6-8,11-12,15-17H2,1-5H3,(H,31,38)/t30-/m0/s1. The summed E-state index contributed by atoms with van der Waals surface area (Å²) in [5.74, 6) is -0.636. The maximum Gasteiger partial charge on any atom is 0.408 e. The van der Waals surface area contributed by atoms with E-state index in [4.69, 9.17) is 23.5 Å². The number of ether oxygens (including phenoxy) is 2. The predicted molar refractivity (Wildman–Crippen MR) is 162 cm³/mol. The van der Waals surface area contributed by atoms with Gasteiger partial charge in [-0.1, -0.05) is 6.92 Å². The van der Waals surface area contributed by atoms with Crippen molar-refractivity contribution >= 4 is 30.6 Å². The van der Waals surface area contributed by atoms with E-state index in [1.165, 1.54) is 0 Å². The van der Waals surface area contributed by atoms with Crippen molar-refractivity contribution in [3.05, 3.63) is 56.9 Å². The number of phenolic OH excluding ortho intramolecular Hbond substituents is 1. The van der Waals surface area contributed by atoms with E-state index < -0.39 is 25.3 Å². The second-order valence-corrected chi connectivity index (χ2v) is 13.1. The van der Waals surface area contributed by atoms with Crippen LogP contribution in [-0.4, -0.2) is 71.6 Å². The first kappa shape index (κ1) is 31.6. The lowest BCUT2D eigenvalue weighted by Crippen LogP contribution is -2.49. The molecule has 1 atom stereocenters. The smallest absolute Gasteiger partial charge is 0.408 e. The van der Waals surface area contributed by atoms with Crippen LogP contribution < -0.4 is 10.9 Å². The largest absolute Gasteiger partial charge is 0.508 e. The first-order valence-corrected chi connectivity index (χ1v) is 16.3. The van der Waals surface area contributed by atoms with Crippen LogP contribution in [0.2, 0.25) is 0 Å². The Labute approximate surface area is 254 Å². The van der Waals surface area contributed by atoms with Crippen LogP contribution in [0.5, 0.6) is 5.75 Å². The third-order valence-corrected chi connectivity index (χ3v) is 9.87. The summed E-state index contributed by atoms with van der Waals surface area (Å²) in [5, 5.41) is 13.9. The maximum absolute atomic E-state index is 13.8. The number of alkyl carbamates (subject to hydrolysis) is 1. The molecule has 0 saturated heterocycles. The molecule has 44 heavy (non-hydrogen) atoms. The summed E-state index contributed by atoms with van der Waals surface area (Å²) in [7, 11) is 0.401. The molecule has 236 valence electrons. The number of pyridine rings is 2. The Kier molecular flexibility index (Phi) is 8.86. The third kappa shape index (κ3) is 5.61. The molecule has 13 nitrogen and oxygen atoms in total. The number of aromatic nitrogens is 2. The highest BCUT2D eigenvalue weighted by Gasteiger charge is 2.50. The van der Waals surface area contributed by atoms with Crippen LogP contribution in [-0.2, 0) is 53.2 Å². The van der Waals surface area contributed by atoms with E-state index in [1.807, 2.05) is 25.1 Å².